The van der Waals surface area contributed by atoms with Crippen molar-refractivity contribution < 1.29 is 14.3 Å². The average molecular weight is 522 g/mol. The van der Waals surface area contributed by atoms with E-state index in [4.69, 9.17) is 0 Å². The minimum atomic E-state index is -0.551. The monoisotopic (exact) mass is 521 g/mol. The lowest BCUT2D eigenvalue weighted by atomic mass is 9.88. The van der Waals surface area contributed by atoms with Crippen molar-refractivity contribution in [2.75, 3.05) is 44.2 Å². The first-order valence-corrected chi connectivity index (χ1v) is 13.6. The summed E-state index contributed by atoms with van der Waals surface area (Å²) in [5, 5.41) is 14.3. The highest BCUT2D eigenvalue weighted by Crippen LogP contribution is 2.40. The van der Waals surface area contributed by atoms with Gasteiger partial charge in [0, 0.05) is 74.1 Å². The number of carbonyl (C=O) groups excluding carboxylic acids is 1. The second-order valence-electron chi connectivity index (χ2n) is 12.0. The van der Waals surface area contributed by atoms with E-state index in [0.29, 0.717) is 26.1 Å². The number of nitrogens with one attached hydrogen (secondary N) is 1. The maximum atomic E-state index is 13.9. The lowest BCUT2D eigenvalue weighted by molar-refractivity contribution is -0.121. The van der Waals surface area contributed by atoms with Gasteiger partial charge in [-0.05, 0) is 50.1 Å². The Labute approximate surface area is 225 Å². The quantitative estimate of drug-likeness (QED) is 0.570. The van der Waals surface area contributed by atoms with Crippen LogP contribution in [0.2, 0.25) is 0 Å². The molecule has 4 heterocycles. The van der Waals surface area contributed by atoms with E-state index in [1.807, 2.05) is 24.1 Å². The van der Waals surface area contributed by atoms with Crippen molar-refractivity contribution in [3.05, 3.63) is 70.3 Å². The number of benzene rings is 1. The zero-order valence-electron chi connectivity index (χ0n) is 23.2. The van der Waals surface area contributed by atoms with Gasteiger partial charge in [-0.15, -0.1) is 0 Å². The van der Waals surface area contributed by atoms with Crippen molar-refractivity contribution in [2.24, 2.45) is 0 Å². The first kappa shape index (κ1) is 26.9. The summed E-state index contributed by atoms with van der Waals surface area (Å²) < 4.78 is 13.4. The van der Waals surface area contributed by atoms with Crippen molar-refractivity contribution >= 4 is 11.6 Å². The zero-order valence-corrected chi connectivity index (χ0v) is 23.2. The van der Waals surface area contributed by atoms with Crippen LogP contribution in [0.5, 0.6) is 0 Å². The standard InChI is InChI=1S/C30H40FN5O2/c1-19-14-35(29(38)21(19)3)16-25-12-32-20(2)15-34(25)17-28(37)36-18-30(4,5)26-13-33-24(11-27(26)36)10-22-6-8-23(31)9-7-22/h6-9,11,13,20,25,29,32,38H,10,12,14-18H2,1-5H3/t20-,25-,29?/m1/s1. The number of halogens is 1. The van der Waals surface area contributed by atoms with Gasteiger partial charge in [-0.2, -0.15) is 0 Å². The van der Waals surface area contributed by atoms with E-state index in [0.717, 1.165) is 47.7 Å². The van der Waals surface area contributed by atoms with Crippen molar-refractivity contribution in [2.45, 2.75) is 64.8 Å². The van der Waals surface area contributed by atoms with Gasteiger partial charge in [0.15, 0.2) is 0 Å². The predicted octanol–water partition coefficient (Wildman–Crippen LogP) is 3.07. The molecule has 204 valence electrons. The number of aliphatic hydroxyl groups is 1. The van der Waals surface area contributed by atoms with Crippen LogP contribution in [0.4, 0.5) is 10.1 Å². The third kappa shape index (κ3) is 5.41. The lowest BCUT2D eigenvalue weighted by Gasteiger charge is -2.41. The number of aliphatic hydroxyl groups excluding tert-OH is 1. The van der Waals surface area contributed by atoms with E-state index in [1.54, 1.807) is 12.1 Å². The van der Waals surface area contributed by atoms with E-state index in [1.165, 1.54) is 17.7 Å². The van der Waals surface area contributed by atoms with Crippen LogP contribution in [0.25, 0.3) is 0 Å². The predicted molar refractivity (Wildman–Crippen MR) is 148 cm³/mol. The minimum Gasteiger partial charge on any atom is -0.374 e. The fraction of sp³-hybridized carbons (Fsp3) is 0.533. The molecule has 1 aromatic heterocycles. The topological polar surface area (TPSA) is 71.9 Å². The molecule has 8 heteroatoms. The van der Waals surface area contributed by atoms with Crippen LogP contribution in [-0.2, 0) is 16.6 Å². The Balaban J connectivity index is 1.33. The van der Waals surface area contributed by atoms with Crippen LogP contribution in [-0.4, -0.2) is 83.4 Å². The molecule has 1 saturated heterocycles. The van der Waals surface area contributed by atoms with Crippen LogP contribution in [0, 0.1) is 5.82 Å². The molecular formula is C30H40FN5O2. The van der Waals surface area contributed by atoms with Gasteiger partial charge in [0.2, 0.25) is 5.91 Å². The SMILES string of the molecule is CC1=C(C)C(O)N(C[C@H]2CN[C@H](C)CN2CC(=O)N2CC(C)(C)c3cnc(Cc4ccc(F)cc4)cc32)C1. The first-order chi connectivity index (χ1) is 18.0. The molecule has 0 saturated carbocycles. The Morgan fingerprint density at radius 3 is 2.63 bits per heavy atom. The molecule has 1 unspecified atom stereocenters. The summed E-state index contributed by atoms with van der Waals surface area (Å²) in [5.41, 5.74) is 5.91. The molecule has 3 atom stereocenters. The molecule has 0 radical (unpaired) electrons. The third-order valence-corrected chi connectivity index (χ3v) is 8.47. The van der Waals surface area contributed by atoms with Gasteiger partial charge in [-0.25, -0.2) is 4.39 Å². The smallest absolute Gasteiger partial charge is 0.241 e. The second kappa shape index (κ2) is 10.5. The van der Waals surface area contributed by atoms with Crippen LogP contribution in [0.3, 0.4) is 0 Å². The van der Waals surface area contributed by atoms with Gasteiger partial charge in [0.1, 0.15) is 12.0 Å². The normalized spacial score (nSPS) is 25.8. The number of piperazine rings is 1. The second-order valence-corrected chi connectivity index (χ2v) is 12.0. The number of pyridine rings is 1. The molecule has 0 aliphatic carbocycles. The van der Waals surface area contributed by atoms with E-state index < -0.39 is 6.23 Å². The number of carbonyl (C=O) groups is 1. The minimum absolute atomic E-state index is 0.0855. The fourth-order valence-corrected chi connectivity index (χ4v) is 6.04. The Bertz CT molecular complexity index is 1230. The van der Waals surface area contributed by atoms with Gasteiger partial charge < -0.3 is 15.3 Å². The van der Waals surface area contributed by atoms with Gasteiger partial charge in [0.05, 0.1) is 12.2 Å². The van der Waals surface area contributed by atoms with Gasteiger partial charge in [-0.1, -0.05) is 31.6 Å². The molecule has 5 rings (SSSR count). The number of anilines is 1. The van der Waals surface area contributed by atoms with Crippen LogP contribution in [0.15, 0.2) is 47.7 Å². The first-order valence-electron chi connectivity index (χ1n) is 13.6. The molecule has 0 bridgehead atoms. The van der Waals surface area contributed by atoms with E-state index in [2.05, 4.69) is 47.8 Å². The molecule has 0 spiro atoms. The Morgan fingerprint density at radius 2 is 1.95 bits per heavy atom. The number of hydrogen-bond donors (Lipinski definition) is 2. The molecule has 1 amide bonds. The number of rotatable bonds is 6. The number of nitrogens with zero attached hydrogens (tertiary/aromatic N) is 4. The van der Waals surface area contributed by atoms with Crippen molar-refractivity contribution in [1.82, 2.24) is 20.1 Å². The molecule has 2 aromatic rings. The molecule has 2 N–H and O–H groups in total. The highest BCUT2D eigenvalue weighted by molar-refractivity contribution is 5.97. The fourth-order valence-electron chi connectivity index (χ4n) is 6.04. The Morgan fingerprint density at radius 1 is 1.21 bits per heavy atom. The largest absolute Gasteiger partial charge is 0.374 e. The maximum absolute atomic E-state index is 13.9. The van der Waals surface area contributed by atoms with Gasteiger partial charge >= 0.3 is 0 Å². The van der Waals surface area contributed by atoms with Crippen LogP contribution >= 0.6 is 0 Å². The molecule has 1 fully saturated rings. The summed E-state index contributed by atoms with van der Waals surface area (Å²) in [6.07, 6.45) is 1.94. The van der Waals surface area contributed by atoms with E-state index >= 15 is 0 Å². The molecule has 3 aliphatic rings. The van der Waals surface area contributed by atoms with Gasteiger partial charge in [-0.3, -0.25) is 19.6 Å². The zero-order chi connectivity index (χ0) is 27.2. The Hall–Kier alpha value is -2.65. The van der Waals surface area contributed by atoms with E-state index in [-0.39, 0.29) is 29.2 Å². The number of amides is 1. The number of fused-ring (bicyclic) bond motifs is 1. The van der Waals surface area contributed by atoms with E-state index in [9.17, 15) is 14.3 Å². The van der Waals surface area contributed by atoms with Crippen LogP contribution in [0.1, 0.15) is 51.4 Å². The molecular weight excluding hydrogens is 481 g/mol. The summed E-state index contributed by atoms with van der Waals surface area (Å²) in [7, 11) is 0. The van der Waals surface area contributed by atoms with Gasteiger partial charge in [0.25, 0.3) is 0 Å². The summed E-state index contributed by atoms with van der Waals surface area (Å²) in [6.45, 7) is 14.5. The Kier molecular flexibility index (Phi) is 7.44. The number of aromatic nitrogens is 1. The molecule has 1 aromatic carbocycles. The lowest BCUT2D eigenvalue weighted by Crippen LogP contribution is -2.61. The summed E-state index contributed by atoms with van der Waals surface area (Å²) >= 11 is 0. The van der Waals surface area contributed by atoms with Crippen molar-refractivity contribution in [3.8, 4) is 0 Å². The molecule has 7 nitrogen and oxygen atoms in total. The average Bonchev–Trinajstić information content (AvgIpc) is 3.28. The highest BCUT2D eigenvalue weighted by atomic mass is 19.1. The third-order valence-electron chi connectivity index (χ3n) is 8.47. The summed E-state index contributed by atoms with van der Waals surface area (Å²) in [6, 6.07) is 8.93. The van der Waals surface area contributed by atoms with Crippen molar-refractivity contribution in [1.29, 1.82) is 0 Å². The summed E-state index contributed by atoms with van der Waals surface area (Å²) in [4.78, 5) is 24.9. The molecule has 3 aliphatic heterocycles. The number of hydrogen-bond acceptors (Lipinski definition) is 6. The van der Waals surface area contributed by atoms with Crippen LogP contribution < -0.4 is 10.2 Å². The summed E-state index contributed by atoms with van der Waals surface area (Å²) in [5.74, 6) is -0.169. The van der Waals surface area contributed by atoms with Crippen molar-refractivity contribution in [3.63, 3.8) is 0 Å². The molecule has 38 heavy (non-hydrogen) atoms. The highest BCUT2D eigenvalue weighted by Gasteiger charge is 2.40. The maximum Gasteiger partial charge on any atom is 0.241 e.